The van der Waals surface area contributed by atoms with E-state index in [2.05, 4.69) is 10.6 Å². The van der Waals surface area contributed by atoms with E-state index in [9.17, 15) is 9.59 Å². The van der Waals surface area contributed by atoms with Gasteiger partial charge < -0.3 is 10.6 Å². The Bertz CT molecular complexity index is 469. The van der Waals surface area contributed by atoms with Gasteiger partial charge in [0.1, 0.15) is 6.42 Å². The lowest BCUT2D eigenvalue weighted by atomic mass is 10.1. The van der Waals surface area contributed by atoms with E-state index < -0.39 is 0 Å². The maximum atomic E-state index is 11.8. The summed E-state index contributed by atoms with van der Waals surface area (Å²) in [6.45, 7) is 7.83. The third kappa shape index (κ3) is 5.12. The first-order valence-electron chi connectivity index (χ1n) is 6.58. The number of carbonyl (C=O) groups excluding carboxylic acids is 2. The summed E-state index contributed by atoms with van der Waals surface area (Å²) in [6, 6.07) is 5.88. The molecule has 0 radical (unpaired) electrons. The number of aryl methyl sites for hydroxylation is 2. The van der Waals surface area contributed by atoms with Crippen molar-refractivity contribution in [2.24, 2.45) is 0 Å². The number of hydrogen-bond donors (Lipinski definition) is 2. The number of amides is 2. The summed E-state index contributed by atoms with van der Waals surface area (Å²) < 4.78 is 0. The molecule has 0 aliphatic rings. The second kappa shape index (κ2) is 6.92. The SMILES string of the molecule is CCC(C)NC(=O)CC(=O)Nc1ccc(C)cc1C. The molecule has 0 fully saturated rings. The average molecular weight is 262 g/mol. The van der Waals surface area contributed by atoms with Crippen LogP contribution in [0.3, 0.4) is 0 Å². The minimum Gasteiger partial charge on any atom is -0.353 e. The van der Waals surface area contributed by atoms with Crippen molar-refractivity contribution in [1.82, 2.24) is 5.32 Å². The van der Waals surface area contributed by atoms with Crippen LogP contribution in [0.5, 0.6) is 0 Å². The molecule has 2 N–H and O–H groups in total. The molecule has 1 aromatic carbocycles. The molecular weight excluding hydrogens is 240 g/mol. The molecule has 104 valence electrons. The van der Waals surface area contributed by atoms with Crippen LogP contribution < -0.4 is 10.6 Å². The maximum absolute atomic E-state index is 11.8. The molecule has 19 heavy (non-hydrogen) atoms. The highest BCUT2D eigenvalue weighted by atomic mass is 16.2. The van der Waals surface area contributed by atoms with Gasteiger partial charge in [0.25, 0.3) is 0 Å². The van der Waals surface area contributed by atoms with Crippen LogP contribution in [0.4, 0.5) is 5.69 Å². The number of anilines is 1. The van der Waals surface area contributed by atoms with Gasteiger partial charge >= 0.3 is 0 Å². The van der Waals surface area contributed by atoms with Gasteiger partial charge in [-0.15, -0.1) is 0 Å². The van der Waals surface area contributed by atoms with Crippen LogP contribution in [-0.2, 0) is 9.59 Å². The topological polar surface area (TPSA) is 58.2 Å². The van der Waals surface area contributed by atoms with E-state index in [1.165, 1.54) is 0 Å². The van der Waals surface area contributed by atoms with Gasteiger partial charge in [-0.1, -0.05) is 24.6 Å². The van der Waals surface area contributed by atoms with Crippen LogP contribution in [0.15, 0.2) is 18.2 Å². The molecule has 0 heterocycles. The Balaban J connectivity index is 2.53. The Hall–Kier alpha value is -1.84. The Morgan fingerprint density at radius 3 is 2.47 bits per heavy atom. The highest BCUT2D eigenvalue weighted by Crippen LogP contribution is 2.16. The van der Waals surface area contributed by atoms with Gasteiger partial charge in [0.05, 0.1) is 0 Å². The highest BCUT2D eigenvalue weighted by molar-refractivity contribution is 6.03. The van der Waals surface area contributed by atoms with Crippen molar-refractivity contribution >= 4 is 17.5 Å². The number of rotatable bonds is 5. The molecule has 0 aliphatic heterocycles. The van der Waals surface area contributed by atoms with E-state index in [1.807, 2.05) is 45.9 Å². The van der Waals surface area contributed by atoms with Crippen molar-refractivity contribution in [2.45, 2.75) is 46.6 Å². The van der Waals surface area contributed by atoms with E-state index >= 15 is 0 Å². The normalized spacial score (nSPS) is 11.8. The predicted molar refractivity (Wildman–Crippen MR) is 77.1 cm³/mol. The second-order valence-corrected chi connectivity index (χ2v) is 4.92. The molecule has 0 aromatic heterocycles. The molecule has 0 saturated heterocycles. The molecule has 1 atom stereocenters. The summed E-state index contributed by atoms with van der Waals surface area (Å²) in [5, 5.41) is 5.53. The number of carbonyl (C=O) groups is 2. The second-order valence-electron chi connectivity index (χ2n) is 4.92. The first-order valence-corrected chi connectivity index (χ1v) is 6.58. The fourth-order valence-electron chi connectivity index (χ4n) is 1.72. The number of benzene rings is 1. The van der Waals surface area contributed by atoms with Gasteiger partial charge in [0.2, 0.25) is 11.8 Å². The molecule has 1 rings (SSSR count). The molecule has 4 heteroatoms. The van der Waals surface area contributed by atoms with Crippen LogP contribution >= 0.6 is 0 Å². The lowest BCUT2D eigenvalue weighted by Crippen LogP contribution is -2.34. The summed E-state index contributed by atoms with van der Waals surface area (Å²) in [4.78, 5) is 23.3. The number of hydrogen-bond acceptors (Lipinski definition) is 2. The zero-order chi connectivity index (χ0) is 14.4. The van der Waals surface area contributed by atoms with Gasteiger partial charge in [-0.3, -0.25) is 9.59 Å². The standard InChI is InChI=1S/C15H22N2O2/c1-5-12(4)16-14(18)9-15(19)17-13-7-6-10(2)8-11(13)3/h6-8,12H,5,9H2,1-4H3,(H,16,18)(H,17,19). The van der Waals surface area contributed by atoms with Gasteiger partial charge in [-0.25, -0.2) is 0 Å². The number of nitrogens with one attached hydrogen (secondary N) is 2. The summed E-state index contributed by atoms with van der Waals surface area (Å²) in [5.74, 6) is -0.524. The van der Waals surface area contributed by atoms with E-state index in [-0.39, 0.29) is 24.3 Å². The molecule has 0 aliphatic carbocycles. The van der Waals surface area contributed by atoms with Crippen molar-refractivity contribution in [3.05, 3.63) is 29.3 Å². The van der Waals surface area contributed by atoms with E-state index in [0.717, 1.165) is 23.2 Å². The summed E-state index contributed by atoms with van der Waals surface area (Å²) in [7, 11) is 0. The Labute approximate surface area is 114 Å². The summed E-state index contributed by atoms with van der Waals surface area (Å²) in [6.07, 6.45) is 0.710. The van der Waals surface area contributed by atoms with Crippen LogP contribution in [0.25, 0.3) is 0 Å². The fraction of sp³-hybridized carbons (Fsp3) is 0.467. The molecule has 2 amide bonds. The lowest BCUT2D eigenvalue weighted by Gasteiger charge is -2.12. The smallest absolute Gasteiger partial charge is 0.233 e. The van der Waals surface area contributed by atoms with Gasteiger partial charge in [-0.2, -0.15) is 0 Å². The monoisotopic (exact) mass is 262 g/mol. The van der Waals surface area contributed by atoms with Gasteiger partial charge in [0.15, 0.2) is 0 Å². The van der Waals surface area contributed by atoms with E-state index in [4.69, 9.17) is 0 Å². The molecule has 4 nitrogen and oxygen atoms in total. The van der Waals surface area contributed by atoms with Crippen LogP contribution in [0.1, 0.15) is 37.8 Å². The van der Waals surface area contributed by atoms with Crippen LogP contribution in [0.2, 0.25) is 0 Å². The molecule has 1 unspecified atom stereocenters. The quantitative estimate of drug-likeness (QED) is 0.801. The van der Waals surface area contributed by atoms with Crippen molar-refractivity contribution in [2.75, 3.05) is 5.32 Å². The lowest BCUT2D eigenvalue weighted by molar-refractivity contribution is -0.127. The first-order chi connectivity index (χ1) is 8.92. The minimum atomic E-state index is -0.284. The molecule has 0 saturated carbocycles. The Morgan fingerprint density at radius 2 is 1.89 bits per heavy atom. The zero-order valence-corrected chi connectivity index (χ0v) is 12.0. The molecule has 0 spiro atoms. The zero-order valence-electron chi connectivity index (χ0n) is 12.0. The minimum absolute atomic E-state index is 0.0985. The average Bonchev–Trinajstić information content (AvgIpc) is 2.32. The largest absolute Gasteiger partial charge is 0.353 e. The Morgan fingerprint density at radius 1 is 1.21 bits per heavy atom. The van der Waals surface area contributed by atoms with Crippen LogP contribution in [0, 0.1) is 13.8 Å². The van der Waals surface area contributed by atoms with E-state index in [1.54, 1.807) is 0 Å². The van der Waals surface area contributed by atoms with E-state index in [0.29, 0.717) is 0 Å². The third-order valence-corrected chi connectivity index (χ3v) is 3.00. The third-order valence-electron chi connectivity index (χ3n) is 3.00. The van der Waals surface area contributed by atoms with Crippen molar-refractivity contribution < 1.29 is 9.59 Å². The molecule has 0 bridgehead atoms. The van der Waals surface area contributed by atoms with Crippen molar-refractivity contribution in [3.63, 3.8) is 0 Å². The maximum Gasteiger partial charge on any atom is 0.233 e. The van der Waals surface area contributed by atoms with Gasteiger partial charge in [0, 0.05) is 11.7 Å². The van der Waals surface area contributed by atoms with Crippen molar-refractivity contribution in [3.8, 4) is 0 Å². The Kier molecular flexibility index (Phi) is 5.55. The molecular formula is C15H22N2O2. The van der Waals surface area contributed by atoms with Crippen LogP contribution in [-0.4, -0.2) is 17.9 Å². The summed E-state index contributed by atoms with van der Waals surface area (Å²) in [5.41, 5.74) is 2.90. The molecule has 1 aromatic rings. The summed E-state index contributed by atoms with van der Waals surface area (Å²) >= 11 is 0. The fourth-order valence-corrected chi connectivity index (χ4v) is 1.72. The highest BCUT2D eigenvalue weighted by Gasteiger charge is 2.12. The first kappa shape index (κ1) is 15.2. The predicted octanol–water partition coefficient (Wildman–Crippen LogP) is 2.55. The van der Waals surface area contributed by atoms with Crippen molar-refractivity contribution in [1.29, 1.82) is 0 Å². The van der Waals surface area contributed by atoms with Gasteiger partial charge in [-0.05, 0) is 38.8 Å².